The highest BCUT2D eigenvalue weighted by Crippen LogP contribution is 2.38. The van der Waals surface area contributed by atoms with E-state index in [1.807, 2.05) is 19.2 Å². The van der Waals surface area contributed by atoms with Crippen LogP contribution >= 0.6 is 11.8 Å². The summed E-state index contributed by atoms with van der Waals surface area (Å²) in [4.78, 5) is 0.853. The summed E-state index contributed by atoms with van der Waals surface area (Å²) >= 11 is 1.75. The van der Waals surface area contributed by atoms with E-state index in [0.717, 1.165) is 10.5 Å². The van der Waals surface area contributed by atoms with Gasteiger partial charge >= 0.3 is 0 Å². The number of hydrogen-bond acceptors (Lipinski definition) is 2. The molecule has 1 unspecified atom stereocenters. The molecule has 2 rings (SSSR count). The van der Waals surface area contributed by atoms with E-state index in [9.17, 15) is 4.39 Å². The van der Waals surface area contributed by atoms with Crippen molar-refractivity contribution in [2.24, 2.45) is 0 Å². The summed E-state index contributed by atoms with van der Waals surface area (Å²) in [7, 11) is 1.92. The lowest BCUT2D eigenvalue weighted by atomic mass is 10.0. The van der Waals surface area contributed by atoms with Crippen molar-refractivity contribution in [1.29, 1.82) is 0 Å². The molecule has 1 fully saturated rings. The van der Waals surface area contributed by atoms with Crippen molar-refractivity contribution in [1.82, 2.24) is 5.32 Å². The first-order chi connectivity index (χ1) is 8.72. The molecular formula is C15H22FNS. The number of thioether (sulfide) groups is 1. The summed E-state index contributed by atoms with van der Waals surface area (Å²) in [6, 6.07) is 5.63. The molecule has 1 aliphatic rings. The molecular weight excluding hydrogens is 245 g/mol. The fourth-order valence-corrected chi connectivity index (χ4v) is 3.96. The molecule has 1 aliphatic carbocycles. The lowest BCUT2D eigenvalue weighted by Gasteiger charge is -2.24. The molecule has 1 aromatic rings. The van der Waals surface area contributed by atoms with E-state index < -0.39 is 0 Å². The zero-order chi connectivity index (χ0) is 13.0. The van der Waals surface area contributed by atoms with E-state index in [0.29, 0.717) is 5.25 Å². The van der Waals surface area contributed by atoms with Gasteiger partial charge in [-0.1, -0.05) is 31.4 Å². The van der Waals surface area contributed by atoms with E-state index in [-0.39, 0.29) is 11.9 Å². The molecule has 18 heavy (non-hydrogen) atoms. The predicted molar refractivity (Wildman–Crippen MR) is 76.6 cm³/mol. The molecule has 1 aromatic carbocycles. The van der Waals surface area contributed by atoms with Crippen LogP contribution in [-0.2, 0) is 0 Å². The Labute approximate surface area is 114 Å². The minimum absolute atomic E-state index is 0.0647. The van der Waals surface area contributed by atoms with Gasteiger partial charge in [0.15, 0.2) is 0 Å². The standard InChI is InChI=1S/C15H22FNS/c1-11(17-2)13-9-6-10-14(16)15(13)18-12-7-4-3-5-8-12/h6,9-12,17H,3-5,7-8H2,1-2H3. The third kappa shape index (κ3) is 3.27. The number of benzene rings is 1. The fourth-order valence-electron chi connectivity index (χ4n) is 2.50. The molecule has 3 heteroatoms. The zero-order valence-electron chi connectivity index (χ0n) is 11.2. The highest BCUT2D eigenvalue weighted by Gasteiger charge is 2.20. The number of hydrogen-bond donors (Lipinski definition) is 1. The third-order valence-electron chi connectivity index (χ3n) is 3.73. The largest absolute Gasteiger partial charge is 0.313 e. The topological polar surface area (TPSA) is 12.0 Å². The van der Waals surface area contributed by atoms with Gasteiger partial charge < -0.3 is 5.32 Å². The minimum atomic E-state index is -0.0647. The molecule has 1 nitrogen and oxygen atoms in total. The minimum Gasteiger partial charge on any atom is -0.313 e. The molecule has 0 amide bonds. The van der Waals surface area contributed by atoms with Crippen molar-refractivity contribution in [2.75, 3.05) is 7.05 Å². The van der Waals surface area contributed by atoms with E-state index in [2.05, 4.69) is 12.2 Å². The zero-order valence-corrected chi connectivity index (χ0v) is 12.0. The molecule has 100 valence electrons. The Kier molecular flexibility index (Phi) is 5.07. The van der Waals surface area contributed by atoms with Gasteiger partial charge in [0.25, 0.3) is 0 Å². The normalized spacial score (nSPS) is 18.8. The van der Waals surface area contributed by atoms with Gasteiger partial charge in [-0.15, -0.1) is 11.8 Å². The summed E-state index contributed by atoms with van der Waals surface area (Å²) in [5.74, 6) is -0.0647. The van der Waals surface area contributed by atoms with Gasteiger partial charge in [-0.25, -0.2) is 4.39 Å². The van der Waals surface area contributed by atoms with Gasteiger partial charge in [0.05, 0.1) is 0 Å². The molecule has 0 bridgehead atoms. The Hall–Kier alpha value is -0.540. The second-order valence-electron chi connectivity index (χ2n) is 5.05. The molecule has 0 saturated heterocycles. The number of rotatable bonds is 4. The fraction of sp³-hybridized carbons (Fsp3) is 0.600. The lowest BCUT2D eigenvalue weighted by molar-refractivity contribution is 0.513. The SMILES string of the molecule is CNC(C)c1cccc(F)c1SC1CCCCC1. The first kappa shape index (κ1) is 13.9. The quantitative estimate of drug-likeness (QED) is 0.860. The van der Waals surface area contributed by atoms with E-state index >= 15 is 0 Å². The summed E-state index contributed by atoms with van der Waals surface area (Å²) in [6.45, 7) is 2.08. The maximum Gasteiger partial charge on any atom is 0.137 e. The monoisotopic (exact) mass is 267 g/mol. The third-order valence-corrected chi connectivity index (χ3v) is 5.20. The molecule has 1 saturated carbocycles. The Morgan fingerprint density at radius 3 is 2.67 bits per heavy atom. The predicted octanol–water partition coefficient (Wildman–Crippen LogP) is 4.53. The van der Waals surface area contributed by atoms with Gasteiger partial charge in [-0.2, -0.15) is 0 Å². The van der Waals surface area contributed by atoms with Crippen molar-refractivity contribution in [3.05, 3.63) is 29.6 Å². The van der Waals surface area contributed by atoms with Crippen LogP contribution in [0.25, 0.3) is 0 Å². The van der Waals surface area contributed by atoms with Gasteiger partial charge in [0, 0.05) is 16.2 Å². The summed E-state index contributed by atoms with van der Waals surface area (Å²) in [5.41, 5.74) is 1.09. The molecule has 1 N–H and O–H groups in total. The van der Waals surface area contributed by atoms with Crippen LogP contribution in [0.1, 0.15) is 50.6 Å². The Balaban J connectivity index is 2.19. The molecule has 0 heterocycles. The van der Waals surface area contributed by atoms with Crippen LogP contribution in [0, 0.1) is 5.82 Å². The van der Waals surface area contributed by atoms with Crippen LogP contribution in [0.2, 0.25) is 0 Å². The average molecular weight is 267 g/mol. The average Bonchev–Trinajstić information content (AvgIpc) is 2.41. The van der Waals surface area contributed by atoms with Crippen molar-refractivity contribution in [3.8, 4) is 0 Å². The summed E-state index contributed by atoms with van der Waals surface area (Å²) in [6.07, 6.45) is 6.39. The number of halogens is 1. The van der Waals surface area contributed by atoms with Crippen molar-refractivity contribution >= 4 is 11.8 Å². The second kappa shape index (κ2) is 6.58. The van der Waals surface area contributed by atoms with Crippen molar-refractivity contribution < 1.29 is 4.39 Å². The van der Waals surface area contributed by atoms with Crippen molar-refractivity contribution in [3.63, 3.8) is 0 Å². The number of nitrogens with one attached hydrogen (secondary N) is 1. The summed E-state index contributed by atoms with van der Waals surface area (Å²) < 4.78 is 14.1. The highest BCUT2D eigenvalue weighted by molar-refractivity contribution is 8.00. The van der Waals surface area contributed by atoms with Gasteiger partial charge in [-0.05, 0) is 38.4 Å². The maximum atomic E-state index is 14.1. The van der Waals surface area contributed by atoms with Crippen LogP contribution in [0.15, 0.2) is 23.1 Å². The Morgan fingerprint density at radius 1 is 1.28 bits per heavy atom. The van der Waals surface area contributed by atoms with Crippen LogP contribution in [0.4, 0.5) is 4.39 Å². The highest BCUT2D eigenvalue weighted by atomic mass is 32.2. The second-order valence-corrected chi connectivity index (χ2v) is 6.36. The van der Waals surface area contributed by atoms with E-state index in [4.69, 9.17) is 0 Å². The molecule has 0 radical (unpaired) electrons. The van der Waals surface area contributed by atoms with Crippen LogP contribution in [0.5, 0.6) is 0 Å². The maximum absolute atomic E-state index is 14.1. The van der Waals surface area contributed by atoms with Crippen LogP contribution in [0.3, 0.4) is 0 Å². The van der Waals surface area contributed by atoms with E-state index in [1.165, 1.54) is 32.1 Å². The smallest absolute Gasteiger partial charge is 0.137 e. The van der Waals surface area contributed by atoms with Crippen LogP contribution < -0.4 is 5.32 Å². The van der Waals surface area contributed by atoms with Crippen molar-refractivity contribution in [2.45, 2.75) is 55.2 Å². The van der Waals surface area contributed by atoms with Gasteiger partial charge in [0.1, 0.15) is 5.82 Å². The molecule has 0 aromatic heterocycles. The van der Waals surface area contributed by atoms with E-state index in [1.54, 1.807) is 17.8 Å². The first-order valence-corrected chi connectivity index (χ1v) is 7.72. The van der Waals surface area contributed by atoms with Gasteiger partial charge in [-0.3, -0.25) is 0 Å². The molecule has 1 atom stereocenters. The first-order valence-electron chi connectivity index (χ1n) is 6.84. The Bertz CT molecular complexity index is 388. The Morgan fingerprint density at radius 2 is 2.00 bits per heavy atom. The van der Waals surface area contributed by atoms with Crippen LogP contribution in [-0.4, -0.2) is 12.3 Å². The lowest BCUT2D eigenvalue weighted by Crippen LogP contribution is -2.15. The molecule has 0 spiro atoms. The molecule has 0 aliphatic heterocycles. The van der Waals surface area contributed by atoms with Gasteiger partial charge in [0.2, 0.25) is 0 Å². The summed E-state index contributed by atoms with van der Waals surface area (Å²) in [5, 5.41) is 3.80.